The smallest absolute Gasteiger partial charge is 0.166 e. The van der Waals surface area contributed by atoms with Crippen molar-refractivity contribution < 1.29 is 9.13 Å². The summed E-state index contributed by atoms with van der Waals surface area (Å²) < 4.78 is 18.5. The van der Waals surface area contributed by atoms with E-state index in [0.717, 1.165) is 17.7 Å². The second-order valence-corrected chi connectivity index (χ2v) is 3.74. The number of nitrogens with one attached hydrogen (secondary N) is 1. The SMILES string of the molecule is CNCCc1c(C)c(Cl)cc(F)c1OC. The normalized spacial score (nSPS) is 10.5. The lowest BCUT2D eigenvalue weighted by atomic mass is 10.0. The number of halogens is 2. The topological polar surface area (TPSA) is 21.3 Å². The molecule has 84 valence electrons. The average Bonchev–Trinajstić information content (AvgIpc) is 2.21. The Morgan fingerprint density at radius 1 is 1.53 bits per heavy atom. The molecule has 0 atom stereocenters. The van der Waals surface area contributed by atoms with Crippen molar-refractivity contribution in [2.45, 2.75) is 13.3 Å². The van der Waals surface area contributed by atoms with Crippen LogP contribution in [0.2, 0.25) is 5.02 Å². The van der Waals surface area contributed by atoms with E-state index in [1.807, 2.05) is 14.0 Å². The summed E-state index contributed by atoms with van der Waals surface area (Å²) in [5.41, 5.74) is 1.71. The van der Waals surface area contributed by atoms with Crippen molar-refractivity contribution in [3.05, 3.63) is 28.0 Å². The van der Waals surface area contributed by atoms with Gasteiger partial charge in [0.05, 0.1) is 7.11 Å². The summed E-state index contributed by atoms with van der Waals surface area (Å²) in [5, 5.41) is 3.46. The van der Waals surface area contributed by atoms with E-state index in [9.17, 15) is 4.39 Å². The Hall–Kier alpha value is -0.800. The molecule has 1 aromatic carbocycles. The van der Waals surface area contributed by atoms with E-state index in [4.69, 9.17) is 16.3 Å². The second-order valence-electron chi connectivity index (χ2n) is 3.33. The Balaban J connectivity index is 3.18. The number of hydrogen-bond donors (Lipinski definition) is 1. The van der Waals surface area contributed by atoms with Gasteiger partial charge < -0.3 is 10.1 Å². The second kappa shape index (κ2) is 5.33. The lowest BCUT2D eigenvalue weighted by molar-refractivity contribution is 0.380. The molecule has 1 N–H and O–H groups in total. The van der Waals surface area contributed by atoms with Gasteiger partial charge in [-0.1, -0.05) is 11.6 Å². The molecule has 0 saturated carbocycles. The number of rotatable bonds is 4. The molecular formula is C11H15ClFNO. The van der Waals surface area contributed by atoms with Gasteiger partial charge in [0.15, 0.2) is 11.6 Å². The summed E-state index contributed by atoms with van der Waals surface area (Å²) in [6, 6.07) is 1.29. The van der Waals surface area contributed by atoms with Crippen LogP contribution in [0.1, 0.15) is 11.1 Å². The van der Waals surface area contributed by atoms with Crippen LogP contribution in [-0.2, 0) is 6.42 Å². The molecule has 2 nitrogen and oxygen atoms in total. The van der Waals surface area contributed by atoms with E-state index in [0.29, 0.717) is 17.2 Å². The van der Waals surface area contributed by atoms with Crippen molar-refractivity contribution in [2.24, 2.45) is 0 Å². The van der Waals surface area contributed by atoms with Gasteiger partial charge in [-0.05, 0) is 38.6 Å². The van der Waals surface area contributed by atoms with Crippen LogP contribution >= 0.6 is 11.6 Å². The molecule has 0 heterocycles. The largest absolute Gasteiger partial charge is 0.493 e. The summed E-state index contributed by atoms with van der Waals surface area (Å²) in [6.07, 6.45) is 0.697. The quantitative estimate of drug-likeness (QED) is 0.860. The van der Waals surface area contributed by atoms with E-state index in [-0.39, 0.29) is 0 Å². The monoisotopic (exact) mass is 231 g/mol. The average molecular weight is 232 g/mol. The molecular weight excluding hydrogens is 217 g/mol. The van der Waals surface area contributed by atoms with Gasteiger partial charge in [-0.15, -0.1) is 0 Å². The van der Waals surface area contributed by atoms with Gasteiger partial charge in [-0.3, -0.25) is 0 Å². The fourth-order valence-corrected chi connectivity index (χ4v) is 1.73. The van der Waals surface area contributed by atoms with Gasteiger partial charge in [0.1, 0.15) is 0 Å². The number of likely N-dealkylation sites (N-methyl/N-ethyl adjacent to an activating group) is 1. The highest BCUT2D eigenvalue weighted by molar-refractivity contribution is 6.31. The molecule has 0 fully saturated rings. The number of methoxy groups -OCH3 is 1. The van der Waals surface area contributed by atoms with Crippen LogP contribution in [0, 0.1) is 12.7 Å². The zero-order valence-corrected chi connectivity index (χ0v) is 9.91. The summed E-state index contributed by atoms with van der Waals surface area (Å²) in [4.78, 5) is 0. The molecule has 15 heavy (non-hydrogen) atoms. The maximum Gasteiger partial charge on any atom is 0.166 e. The van der Waals surface area contributed by atoms with E-state index in [1.165, 1.54) is 13.2 Å². The first-order valence-electron chi connectivity index (χ1n) is 4.77. The molecule has 0 aliphatic rings. The van der Waals surface area contributed by atoms with Gasteiger partial charge in [-0.25, -0.2) is 4.39 Å². The van der Waals surface area contributed by atoms with Gasteiger partial charge in [0.2, 0.25) is 0 Å². The van der Waals surface area contributed by atoms with Crippen molar-refractivity contribution in [1.82, 2.24) is 5.32 Å². The third kappa shape index (κ3) is 2.61. The molecule has 0 radical (unpaired) electrons. The van der Waals surface area contributed by atoms with Crippen LogP contribution in [0.5, 0.6) is 5.75 Å². The van der Waals surface area contributed by atoms with Gasteiger partial charge in [0, 0.05) is 10.6 Å². The van der Waals surface area contributed by atoms with E-state index in [2.05, 4.69) is 5.32 Å². The fourth-order valence-electron chi connectivity index (χ4n) is 1.52. The third-order valence-electron chi connectivity index (χ3n) is 2.38. The molecule has 0 saturated heterocycles. The predicted molar refractivity (Wildman–Crippen MR) is 60.3 cm³/mol. The van der Waals surface area contributed by atoms with E-state index >= 15 is 0 Å². The molecule has 0 aliphatic heterocycles. The van der Waals surface area contributed by atoms with Crippen LogP contribution in [0.4, 0.5) is 4.39 Å². The van der Waals surface area contributed by atoms with Gasteiger partial charge >= 0.3 is 0 Å². The van der Waals surface area contributed by atoms with Crippen molar-refractivity contribution in [2.75, 3.05) is 20.7 Å². The van der Waals surface area contributed by atoms with Crippen LogP contribution < -0.4 is 10.1 Å². The van der Waals surface area contributed by atoms with Crippen molar-refractivity contribution in [3.63, 3.8) is 0 Å². The highest BCUT2D eigenvalue weighted by Gasteiger charge is 2.14. The van der Waals surface area contributed by atoms with Gasteiger partial charge in [0.25, 0.3) is 0 Å². The highest BCUT2D eigenvalue weighted by Crippen LogP contribution is 2.31. The molecule has 1 rings (SSSR count). The summed E-state index contributed by atoms with van der Waals surface area (Å²) in [7, 11) is 3.32. The van der Waals surface area contributed by atoms with Crippen molar-refractivity contribution >= 4 is 11.6 Å². The molecule has 4 heteroatoms. The van der Waals surface area contributed by atoms with Crippen molar-refractivity contribution in [3.8, 4) is 5.75 Å². The molecule has 0 aromatic heterocycles. The fraction of sp³-hybridized carbons (Fsp3) is 0.455. The predicted octanol–water partition coefficient (Wildman–Crippen LogP) is 2.56. The summed E-state index contributed by atoms with van der Waals surface area (Å²) >= 11 is 5.91. The van der Waals surface area contributed by atoms with Crippen LogP contribution in [0.25, 0.3) is 0 Å². The Labute approximate surface area is 94.4 Å². The number of benzene rings is 1. The molecule has 0 unspecified atom stereocenters. The Kier molecular flexibility index (Phi) is 4.36. The molecule has 1 aromatic rings. The minimum atomic E-state index is -0.404. The zero-order valence-electron chi connectivity index (χ0n) is 9.16. The van der Waals surface area contributed by atoms with E-state index < -0.39 is 5.82 Å². The first-order valence-corrected chi connectivity index (χ1v) is 5.15. The molecule has 0 amide bonds. The Bertz CT molecular complexity index is 355. The first kappa shape index (κ1) is 12.3. The summed E-state index contributed by atoms with van der Waals surface area (Å²) in [5.74, 6) is -0.105. The Morgan fingerprint density at radius 3 is 2.73 bits per heavy atom. The minimum Gasteiger partial charge on any atom is -0.493 e. The van der Waals surface area contributed by atoms with E-state index in [1.54, 1.807) is 0 Å². The zero-order chi connectivity index (χ0) is 11.4. The third-order valence-corrected chi connectivity index (χ3v) is 2.78. The molecule has 0 spiro atoms. The number of ether oxygens (including phenoxy) is 1. The van der Waals surface area contributed by atoms with Crippen LogP contribution in [-0.4, -0.2) is 20.7 Å². The highest BCUT2D eigenvalue weighted by atomic mass is 35.5. The minimum absolute atomic E-state index is 0.298. The lowest BCUT2D eigenvalue weighted by Crippen LogP contribution is -2.12. The maximum absolute atomic E-state index is 13.5. The lowest BCUT2D eigenvalue weighted by Gasteiger charge is -2.13. The first-order chi connectivity index (χ1) is 7.11. The molecule has 0 aliphatic carbocycles. The van der Waals surface area contributed by atoms with Crippen molar-refractivity contribution in [1.29, 1.82) is 0 Å². The number of hydrogen-bond acceptors (Lipinski definition) is 2. The van der Waals surface area contributed by atoms with Gasteiger partial charge in [-0.2, -0.15) is 0 Å². The Morgan fingerprint density at radius 2 is 2.20 bits per heavy atom. The molecule has 0 bridgehead atoms. The standard InChI is InChI=1S/C11H15ClFNO/c1-7-8(4-5-14-2)11(15-3)10(13)6-9(7)12/h6,14H,4-5H2,1-3H3. The van der Waals surface area contributed by atoms with Crippen LogP contribution in [0.15, 0.2) is 6.07 Å². The maximum atomic E-state index is 13.5. The summed E-state index contributed by atoms with van der Waals surface area (Å²) in [6.45, 7) is 2.63. The van der Waals surface area contributed by atoms with Crippen LogP contribution in [0.3, 0.4) is 0 Å².